The Morgan fingerprint density at radius 2 is 2.32 bits per heavy atom. The van der Waals surface area contributed by atoms with Gasteiger partial charge in [0, 0.05) is 18.4 Å². The van der Waals surface area contributed by atoms with Crippen molar-refractivity contribution in [2.75, 3.05) is 13.7 Å². The molecule has 0 radical (unpaired) electrons. The van der Waals surface area contributed by atoms with Crippen LogP contribution in [0.1, 0.15) is 30.0 Å². The van der Waals surface area contributed by atoms with E-state index >= 15 is 0 Å². The molecular formula is C13H21N3O3. The van der Waals surface area contributed by atoms with Crippen LogP contribution < -0.4 is 0 Å². The maximum Gasteiger partial charge on any atom is 0.278 e. The van der Waals surface area contributed by atoms with E-state index in [1.54, 1.807) is 38.7 Å². The van der Waals surface area contributed by atoms with Gasteiger partial charge in [-0.05, 0) is 20.8 Å². The van der Waals surface area contributed by atoms with Crippen LogP contribution in [0, 0.1) is 6.92 Å². The van der Waals surface area contributed by atoms with E-state index in [4.69, 9.17) is 9.84 Å². The smallest absolute Gasteiger partial charge is 0.278 e. The molecule has 0 aliphatic carbocycles. The van der Waals surface area contributed by atoms with Crippen LogP contribution in [0.15, 0.2) is 18.6 Å². The average molecular weight is 267 g/mol. The number of carbonyl (C=O) groups is 1. The summed E-state index contributed by atoms with van der Waals surface area (Å²) in [5.41, 5.74) is 1.76. The first kappa shape index (κ1) is 15.4. The molecule has 0 bridgehead atoms. The molecule has 1 aromatic heterocycles. The Labute approximate surface area is 113 Å². The molecule has 1 aromatic rings. The summed E-state index contributed by atoms with van der Waals surface area (Å²) >= 11 is 0. The predicted molar refractivity (Wildman–Crippen MR) is 71.5 cm³/mol. The number of aliphatic hydroxyl groups is 1. The number of ether oxygens (including phenoxy) is 1. The van der Waals surface area contributed by atoms with Crippen molar-refractivity contribution in [1.29, 1.82) is 0 Å². The zero-order chi connectivity index (χ0) is 14.6. The highest BCUT2D eigenvalue weighted by Crippen LogP contribution is 2.11. The number of nitrogens with zero attached hydrogens (tertiary/aromatic N) is 3. The zero-order valence-corrected chi connectivity index (χ0v) is 11.9. The molecule has 0 spiro atoms. The molecule has 1 N–H and O–H groups in total. The Morgan fingerprint density at radius 1 is 1.68 bits per heavy atom. The second-order valence-electron chi connectivity index (χ2n) is 4.54. The minimum absolute atomic E-state index is 0.0437. The van der Waals surface area contributed by atoms with Gasteiger partial charge in [0.2, 0.25) is 0 Å². The van der Waals surface area contributed by atoms with Crippen LogP contribution in [0.3, 0.4) is 0 Å². The topological polar surface area (TPSA) is 67.6 Å². The molecule has 6 nitrogen and oxygen atoms in total. The van der Waals surface area contributed by atoms with E-state index in [1.165, 1.54) is 4.90 Å². The number of amides is 1. The third-order valence-corrected chi connectivity index (χ3v) is 2.93. The monoisotopic (exact) mass is 267 g/mol. The van der Waals surface area contributed by atoms with Gasteiger partial charge in [-0.1, -0.05) is 6.58 Å². The van der Waals surface area contributed by atoms with Gasteiger partial charge in [0.15, 0.2) is 0 Å². The largest absolute Gasteiger partial charge is 0.394 e. The lowest BCUT2D eigenvalue weighted by atomic mass is 10.3. The minimum atomic E-state index is -0.251. The van der Waals surface area contributed by atoms with Crippen molar-refractivity contribution in [3.05, 3.63) is 30.0 Å². The summed E-state index contributed by atoms with van der Waals surface area (Å²) in [6.45, 7) is 9.27. The lowest BCUT2D eigenvalue weighted by Crippen LogP contribution is -2.25. The number of hydrogen-bond acceptors (Lipinski definition) is 4. The molecule has 1 unspecified atom stereocenters. The van der Waals surface area contributed by atoms with E-state index in [-0.39, 0.29) is 25.3 Å². The van der Waals surface area contributed by atoms with Crippen LogP contribution in [0.5, 0.6) is 0 Å². The first-order chi connectivity index (χ1) is 8.88. The van der Waals surface area contributed by atoms with Gasteiger partial charge in [-0.15, -0.1) is 0 Å². The van der Waals surface area contributed by atoms with Crippen molar-refractivity contribution in [1.82, 2.24) is 14.5 Å². The molecule has 0 saturated heterocycles. The molecule has 1 amide bonds. The van der Waals surface area contributed by atoms with Crippen LogP contribution in [0.2, 0.25) is 0 Å². The first-order valence-corrected chi connectivity index (χ1v) is 6.06. The van der Waals surface area contributed by atoms with E-state index in [2.05, 4.69) is 11.6 Å². The first-order valence-electron chi connectivity index (χ1n) is 6.06. The van der Waals surface area contributed by atoms with Crippen molar-refractivity contribution >= 4 is 5.91 Å². The molecule has 6 heteroatoms. The van der Waals surface area contributed by atoms with E-state index < -0.39 is 0 Å². The molecule has 0 aliphatic heterocycles. The fraction of sp³-hybridized carbons (Fsp3) is 0.538. The summed E-state index contributed by atoms with van der Waals surface area (Å²) in [7, 11) is 1.66. The maximum atomic E-state index is 12.1. The third kappa shape index (κ3) is 3.65. The van der Waals surface area contributed by atoms with Crippen molar-refractivity contribution in [3.8, 4) is 0 Å². The normalized spacial score (nSPS) is 12.3. The maximum absolute atomic E-state index is 12.1. The molecule has 1 rings (SSSR count). The van der Waals surface area contributed by atoms with Gasteiger partial charge < -0.3 is 19.3 Å². The Bertz CT molecular complexity index is 468. The lowest BCUT2D eigenvalue weighted by Gasteiger charge is -2.16. The molecular weight excluding hydrogens is 246 g/mol. The highest BCUT2D eigenvalue weighted by Gasteiger charge is 2.19. The molecule has 19 heavy (non-hydrogen) atoms. The van der Waals surface area contributed by atoms with E-state index in [1.807, 2.05) is 0 Å². The van der Waals surface area contributed by atoms with Gasteiger partial charge in [0.25, 0.3) is 5.91 Å². The summed E-state index contributed by atoms with van der Waals surface area (Å²) in [6, 6.07) is 0. The van der Waals surface area contributed by atoms with E-state index in [0.717, 1.165) is 5.69 Å². The van der Waals surface area contributed by atoms with Crippen LogP contribution in [-0.2, 0) is 11.5 Å². The SMILES string of the molecule is C=C(C)N(C)C(=O)c1ncn(COC(C)CO)c1C. The number of aromatic nitrogens is 2. The summed E-state index contributed by atoms with van der Waals surface area (Å²) in [6.07, 6.45) is 1.30. The second kappa shape index (κ2) is 6.49. The fourth-order valence-electron chi connectivity index (χ4n) is 1.38. The minimum Gasteiger partial charge on any atom is -0.394 e. The lowest BCUT2D eigenvalue weighted by molar-refractivity contribution is -0.0136. The van der Waals surface area contributed by atoms with Gasteiger partial charge in [-0.2, -0.15) is 0 Å². The van der Waals surface area contributed by atoms with Crippen LogP contribution >= 0.6 is 0 Å². The Kier molecular flexibility index (Phi) is 5.26. The summed E-state index contributed by atoms with van der Waals surface area (Å²) < 4.78 is 7.12. The molecule has 0 fully saturated rings. The van der Waals surface area contributed by atoms with Crippen molar-refractivity contribution < 1.29 is 14.6 Å². The Hall–Kier alpha value is -1.66. The summed E-state index contributed by atoms with van der Waals surface area (Å²) in [5, 5.41) is 8.89. The molecule has 1 atom stereocenters. The van der Waals surface area contributed by atoms with Gasteiger partial charge in [0.1, 0.15) is 12.4 Å². The number of rotatable bonds is 6. The number of imidazole rings is 1. The number of carbonyl (C=O) groups excluding carboxylic acids is 1. The third-order valence-electron chi connectivity index (χ3n) is 2.93. The number of allylic oxidation sites excluding steroid dienone is 1. The van der Waals surface area contributed by atoms with Crippen molar-refractivity contribution in [2.24, 2.45) is 0 Å². The summed E-state index contributed by atoms with van der Waals surface area (Å²) in [5.74, 6) is -0.195. The Balaban J connectivity index is 2.81. The molecule has 0 aliphatic rings. The van der Waals surface area contributed by atoms with Crippen molar-refractivity contribution in [3.63, 3.8) is 0 Å². The van der Waals surface area contributed by atoms with E-state index in [9.17, 15) is 4.79 Å². The average Bonchev–Trinajstić information content (AvgIpc) is 2.75. The Morgan fingerprint density at radius 3 is 2.84 bits per heavy atom. The van der Waals surface area contributed by atoms with Crippen LogP contribution in [0.25, 0.3) is 0 Å². The second-order valence-corrected chi connectivity index (χ2v) is 4.54. The molecule has 0 saturated carbocycles. The van der Waals surface area contributed by atoms with E-state index in [0.29, 0.717) is 11.4 Å². The van der Waals surface area contributed by atoms with Gasteiger partial charge >= 0.3 is 0 Å². The highest BCUT2D eigenvalue weighted by atomic mass is 16.5. The quantitative estimate of drug-likeness (QED) is 0.839. The number of aliphatic hydroxyl groups excluding tert-OH is 1. The van der Waals surface area contributed by atoms with Crippen LogP contribution in [0.4, 0.5) is 0 Å². The predicted octanol–water partition coefficient (Wildman–Crippen LogP) is 1.15. The highest BCUT2D eigenvalue weighted by molar-refractivity contribution is 5.94. The van der Waals surface area contributed by atoms with Gasteiger partial charge in [-0.25, -0.2) is 4.98 Å². The molecule has 1 heterocycles. The zero-order valence-electron chi connectivity index (χ0n) is 11.9. The standard InChI is InChI=1S/C13H21N3O3/c1-9(2)15(5)13(18)12-11(4)16(7-14-12)8-19-10(3)6-17/h7,10,17H,1,6,8H2,2-5H3. The molecule has 0 aromatic carbocycles. The van der Waals surface area contributed by atoms with Gasteiger partial charge in [-0.3, -0.25) is 4.79 Å². The summed E-state index contributed by atoms with van der Waals surface area (Å²) in [4.78, 5) is 17.7. The van der Waals surface area contributed by atoms with Crippen molar-refractivity contribution in [2.45, 2.75) is 33.6 Å². The molecule has 106 valence electrons. The van der Waals surface area contributed by atoms with Crippen LogP contribution in [-0.4, -0.2) is 45.2 Å². The fourth-order valence-corrected chi connectivity index (χ4v) is 1.38. The van der Waals surface area contributed by atoms with Gasteiger partial charge in [0.05, 0.1) is 19.0 Å². The number of hydrogen-bond donors (Lipinski definition) is 1.